The van der Waals surface area contributed by atoms with Crippen molar-refractivity contribution in [3.05, 3.63) is 70.9 Å². The minimum absolute atomic E-state index is 0.0207. The first-order chi connectivity index (χ1) is 17.3. The standard InChI is InChI=1S/C29H35ClN4O2/c1-19-4-3-5-20(2)34(19)18-28(36)33-26(17-22-6-10-24(30)11-7-22)27(35)13-9-21-8-12-25-23(16-21)14-15-32-29(25)31/h6-8,10-12,14-16,19-20,26H,3-5,9,13,17-18H2,1-2H3,(H2,31,32)(H,33,36)/t19-,20+,26-/m0/s1. The maximum atomic E-state index is 13.4. The second-order valence-electron chi connectivity index (χ2n) is 9.97. The maximum Gasteiger partial charge on any atom is 0.234 e. The lowest BCUT2D eigenvalue weighted by atomic mass is 9.96. The van der Waals surface area contributed by atoms with Gasteiger partial charge in [0.2, 0.25) is 5.91 Å². The fourth-order valence-corrected chi connectivity index (χ4v) is 5.27. The Morgan fingerprint density at radius 1 is 1.08 bits per heavy atom. The number of piperidine rings is 1. The van der Waals surface area contributed by atoms with E-state index in [-0.39, 0.29) is 11.7 Å². The van der Waals surface area contributed by atoms with Crippen molar-refractivity contribution in [2.75, 3.05) is 12.3 Å². The van der Waals surface area contributed by atoms with Gasteiger partial charge in [-0.2, -0.15) is 0 Å². The Bertz CT molecular complexity index is 1200. The van der Waals surface area contributed by atoms with Crippen LogP contribution in [-0.2, 0) is 22.4 Å². The number of hydrogen-bond acceptors (Lipinski definition) is 5. The largest absolute Gasteiger partial charge is 0.383 e. The number of Topliss-reactive ketones (excluding diaryl/α,β-unsaturated/α-hetero) is 1. The van der Waals surface area contributed by atoms with Crippen molar-refractivity contribution in [2.24, 2.45) is 0 Å². The van der Waals surface area contributed by atoms with Crippen LogP contribution in [0, 0.1) is 0 Å². The number of carbonyl (C=O) groups excluding carboxylic acids is 2. The highest BCUT2D eigenvalue weighted by molar-refractivity contribution is 6.30. The number of likely N-dealkylation sites (tertiary alicyclic amines) is 1. The average Bonchev–Trinajstić information content (AvgIpc) is 2.86. The van der Waals surface area contributed by atoms with Crippen molar-refractivity contribution in [2.45, 2.75) is 70.5 Å². The van der Waals surface area contributed by atoms with Gasteiger partial charge >= 0.3 is 0 Å². The third-order valence-corrected chi connectivity index (χ3v) is 7.55. The number of hydrogen-bond donors (Lipinski definition) is 2. The van der Waals surface area contributed by atoms with E-state index in [0.717, 1.165) is 34.7 Å². The lowest BCUT2D eigenvalue weighted by Gasteiger charge is -2.38. The molecule has 3 N–H and O–H groups in total. The van der Waals surface area contributed by atoms with Crippen LogP contribution in [0.2, 0.25) is 5.02 Å². The summed E-state index contributed by atoms with van der Waals surface area (Å²) >= 11 is 6.05. The van der Waals surface area contributed by atoms with Crippen LogP contribution in [0.3, 0.4) is 0 Å². The van der Waals surface area contributed by atoms with Gasteiger partial charge in [0.1, 0.15) is 5.82 Å². The van der Waals surface area contributed by atoms with E-state index < -0.39 is 6.04 Å². The molecule has 3 aromatic rings. The number of ketones is 1. The molecule has 3 atom stereocenters. The summed E-state index contributed by atoms with van der Waals surface area (Å²) in [4.78, 5) is 32.8. The molecule has 0 spiro atoms. The first-order valence-electron chi connectivity index (χ1n) is 12.8. The van der Waals surface area contributed by atoms with E-state index >= 15 is 0 Å². The topological polar surface area (TPSA) is 88.3 Å². The van der Waals surface area contributed by atoms with Crippen LogP contribution in [0.4, 0.5) is 5.82 Å². The smallest absolute Gasteiger partial charge is 0.234 e. The third-order valence-electron chi connectivity index (χ3n) is 7.30. The molecule has 1 fully saturated rings. The molecule has 0 bridgehead atoms. The molecule has 7 heteroatoms. The molecule has 0 saturated carbocycles. The number of benzene rings is 2. The molecule has 0 aliphatic carbocycles. The van der Waals surface area contributed by atoms with Gasteiger partial charge in [0.05, 0.1) is 12.6 Å². The number of pyridine rings is 1. The lowest BCUT2D eigenvalue weighted by molar-refractivity contribution is -0.129. The number of aromatic nitrogens is 1. The van der Waals surface area contributed by atoms with E-state index in [1.165, 1.54) is 6.42 Å². The molecule has 190 valence electrons. The quantitative estimate of drug-likeness (QED) is 0.428. The first kappa shape index (κ1) is 26.1. The maximum absolute atomic E-state index is 13.4. The predicted octanol–water partition coefficient (Wildman–Crippen LogP) is 4.96. The number of nitrogens with one attached hydrogen (secondary N) is 1. The zero-order chi connectivity index (χ0) is 25.7. The number of nitrogen functional groups attached to an aromatic ring is 1. The van der Waals surface area contributed by atoms with Gasteiger partial charge in [-0.3, -0.25) is 14.5 Å². The molecule has 1 aliphatic heterocycles. The molecular weight excluding hydrogens is 472 g/mol. The van der Waals surface area contributed by atoms with Gasteiger partial charge < -0.3 is 11.1 Å². The molecule has 2 heterocycles. The van der Waals surface area contributed by atoms with E-state index in [1.807, 2.05) is 48.5 Å². The summed E-state index contributed by atoms with van der Waals surface area (Å²) in [7, 11) is 0. The highest BCUT2D eigenvalue weighted by Crippen LogP contribution is 2.23. The normalized spacial score (nSPS) is 19.2. The van der Waals surface area contributed by atoms with Crippen molar-refractivity contribution < 1.29 is 9.59 Å². The zero-order valence-corrected chi connectivity index (χ0v) is 21.8. The van der Waals surface area contributed by atoms with Crippen LogP contribution in [-0.4, -0.2) is 46.2 Å². The Balaban J connectivity index is 1.44. The monoisotopic (exact) mass is 506 g/mol. The van der Waals surface area contributed by atoms with Crippen LogP contribution < -0.4 is 11.1 Å². The highest BCUT2D eigenvalue weighted by atomic mass is 35.5. The molecule has 1 aromatic heterocycles. The number of carbonyl (C=O) groups is 2. The summed E-state index contributed by atoms with van der Waals surface area (Å²) in [5.41, 5.74) is 7.98. The Kier molecular flexibility index (Phi) is 8.60. The van der Waals surface area contributed by atoms with Crippen molar-refractivity contribution >= 4 is 39.9 Å². The van der Waals surface area contributed by atoms with Crippen molar-refractivity contribution in [1.29, 1.82) is 0 Å². The van der Waals surface area contributed by atoms with Crippen LogP contribution in [0.1, 0.15) is 50.7 Å². The van der Waals surface area contributed by atoms with Gasteiger partial charge in [-0.05, 0) is 74.2 Å². The molecule has 1 amide bonds. The first-order valence-corrected chi connectivity index (χ1v) is 13.1. The van der Waals surface area contributed by atoms with E-state index in [9.17, 15) is 9.59 Å². The van der Waals surface area contributed by atoms with E-state index in [0.29, 0.717) is 48.7 Å². The third kappa shape index (κ3) is 6.62. The van der Waals surface area contributed by atoms with Crippen molar-refractivity contribution in [1.82, 2.24) is 15.2 Å². The van der Waals surface area contributed by atoms with Crippen molar-refractivity contribution in [3.63, 3.8) is 0 Å². The molecule has 2 aromatic carbocycles. The van der Waals surface area contributed by atoms with E-state index in [1.54, 1.807) is 6.20 Å². The zero-order valence-electron chi connectivity index (χ0n) is 21.0. The summed E-state index contributed by atoms with van der Waals surface area (Å²) in [6.45, 7) is 4.66. The van der Waals surface area contributed by atoms with Gasteiger partial charge in [-0.1, -0.05) is 48.4 Å². The van der Waals surface area contributed by atoms with Crippen molar-refractivity contribution in [3.8, 4) is 0 Å². The molecule has 0 unspecified atom stereocenters. The Hall–Kier alpha value is -2.96. The molecule has 4 rings (SSSR count). The van der Waals surface area contributed by atoms with E-state index in [2.05, 4.69) is 29.0 Å². The SMILES string of the molecule is C[C@@H]1CCC[C@H](C)N1CC(=O)N[C@@H](Cc1ccc(Cl)cc1)C(=O)CCc1ccc2c(N)nccc2c1. The number of aryl methyl sites for hydroxylation is 1. The van der Waals surface area contributed by atoms with Gasteiger partial charge in [-0.25, -0.2) is 4.98 Å². The minimum Gasteiger partial charge on any atom is -0.383 e. The highest BCUT2D eigenvalue weighted by Gasteiger charge is 2.28. The van der Waals surface area contributed by atoms with Crippen LogP contribution in [0.15, 0.2) is 54.7 Å². The summed E-state index contributed by atoms with van der Waals surface area (Å²) in [5, 5.41) is 5.61. The number of rotatable bonds is 9. The molecule has 0 radical (unpaired) electrons. The molecule has 36 heavy (non-hydrogen) atoms. The summed E-state index contributed by atoms with van der Waals surface area (Å²) < 4.78 is 0. The summed E-state index contributed by atoms with van der Waals surface area (Å²) in [6.07, 6.45) is 6.43. The molecule has 6 nitrogen and oxygen atoms in total. The van der Waals surface area contributed by atoms with Crippen LogP contribution in [0.25, 0.3) is 10.8 Å². The number of nitrogens with two attached hydrogens (primary N) is 1. The number of halogens is 1. The lowest BCUT2D eigenvalue weighted by Crippen LogP contribution is -2.51. The van der Waals surface area contributed by atoms with E-state index in [4.69, 9.17) is 17.3 Å². The number of anilines is 1. The average molecular weight is 507 g/mol. The number of nitrogens with zero attached hydrogens (tertiary/aromatic N) is 2. The predicted molar refractivity (Wildman–Crippen MR) is 146 cm³/mol. The Morgan fingerprint density at radius 3 is 2.50 bits per heavy atom. The van der Waals surface area contributed by atoms with Crippen LogP contribution in [0.5, 0.6) is 0 Å². The second kappa shape index (κ2) is 11.8. The fourth-order valence-electron chi connectivity index (χ4n) is 5.14. The van der Waals surface area contributed by atoms with Gasteiger partial charge in [0, 0.05) is 35.1 Å². The number of amides is 1. The Labute approximate surface area is 218 Å². The molecule has 1 aliphatic rings. The van der Waals surface area contributed by atoms with Gasteiger partial charge in [-0.15, -0.1) is 0 Å². The molecule has 1 saturated heterocycles. The summed E-state index contributed by atoms with van der Waals surface area (Å²) in [6, 6.07) is 15.5. The Morgan fingerprint density at radius 2 is 1.78 bits per heavy atom. The minimum atomic E-state index is -0.589. The molecular formula is C29H35ClN4O2. The van der Waals surface area contributed by atoms with Gasteiger partial charge in [0.15, 0.2) is 5.78 Å². The number of fused-ring (bicyclic) bond motifs is 1. The second-order valence-corrected chi connectivity index (χ2v) is 10.4. The van der Waals surface area contributed by atoms with Gasteiger partial charge in [0.25, 0.3) is 0 Å². The fraction of sp³-hybridized carbons (Fsp3) is 0.414. The summed E-state index contributed by atoms with van der Waals surface area (Å²) in [5.74, 6) is 0.419. The van der Waals surface area contributed by atoms with Crippen LogP contribution >= 0.6 is 11.6 Å².